The number of fused-ring (bicyclic) bond motifs is 1. The van der Waals surface area contributed by atoms with Gasteiger partial charge in [0.25, 0.3) is 5.91 Å². The molecule has 0 bridgehead atoms. The first-order valence-corrected chi connectivity index (χ1v) is 14.5. The number of aromatic nitrogens is 2. The zero-order valence-corrected chi connectivity index (χ0v) is 24.6. The van der Waals surface area contributed by atoms with Crippen molar-refractivity contribution in [2.75, 3.05) is 20.3 Å². The van der Waals surface area contributed by atoms with E-state index >= 15 is 0 Å². The molecule has 1 aromatic heterocycles. The SMILES string of the molecule is CCCCc1c(-c2ccc(C(=O)O)cc2C(=O)N2CCc3ccccc3C2)c(C(=O)OCC)nn1-c1ccc(OC)cc1. The summed E-state index contributed by atoms with van der Waals surface area (Å²) in [5.41, 5.74) is 4.88. The van der Waals surface area contributed by atoms with Crippen LogP contribution in [-0.2, 0) is 24.1 Å². The van der Waals surface area contributed by atoms with Gasteiger partial charge in [0.05, 0.1) is 30.7 Å². The molecule has 43 heavy (non-hydrogen) atoms. The van der Waals surface area contributed by atoms with Gasteiger partial charge < -0.3 is 19.5 Å². The topological polar surface area (TPSA) is 111 Å². The zero-order valence-electron chi connectivity index (χ0n) is 24.6. The highest BCUT2D eigenvalue weighted by Crippen LogP contribution is 2.36. The van der Waals surface area contributed by atoms with Gasteiger partial charge in [0.2, 0.25) is 0 Å². The molecule has 0 radical (unpaired) electrons. The molecule has 222 valence electrons. The Morgan fingerprint density at radius 3 is 2.40 bits per heavy atom. The van der Waals surface area contributed by atoms with E-state index in [1.807, 2.05) is 42.5 Å². The summed E-state index contributed by atoms with van der Waals surface area (Å²) < 4.78 is 12.5. The zero-order chi connectivity index (χ0) is 30.5. The van der Waals surface area contributed by atoms with Crippen molar-refractivity contribution in [3.8, 4) is 22.6 Å². The summed E-state index contributed by atoms with van der Waals surface area (Å²) in [6.07, 6.45) is 2.95. The average molecular weight is 582 g/mol. The number of aromatic carboxylic acids is 1. The predicted octanol–water partition coefficient (Wildman–Crippen LogP) is 5.96. The quantitative estimate of drug-likeness (QED) is 0.230. The molecule has 0 saturated carbocycles. The van der Waals surface area contributed by atoms with Crippen LogP contribution in [-0.4, -0.2) is 57.9 Å². The molecule has 9 nitrogen and oxygen atoms in total. The fraction of sp³-hybridized carbons (Fsp3) is 0.294. The molecule has 0 atom stereocenters. The molecule has 0 fully saturated rings. The third-order valence-corrected chi connectivity index (χ3v) is 7.72. The fourth-order valence-electron chi connectivity index (χ4n) is 5.50. The number of rotatable bonds is 10. The fourth-order valence-corrected chi connectivity index (χ4v) is 5.50. The molecule has 0 aliphatic carbocycles. The number of methoxy groups -OCH3 is 1. The van der Waals surface area contributed by atoms with Crippen molar-refractivity contribution in [1.29, 1.82) is 0 Å². The Hall–Kier alpha value is -4.92. The maximum absolute atomic E-state index is 14.2. The number of benzene rings is 3. The molecule has 2 heterocycles. The molecule has 0 spiro atoms. The minimum Gasteiger partial charge on any atom is -0.497 e. The molecule has 5 rings (SSSR count). The second-order valence-corrected chi connectivity index (χ2v) is 10.4. The van der Waals surface area contributed by atoms with Gasteiger partial charge in [-0.15, -0.1) is 0 Å². The van der Waals surface area contributed by atoms with Crippen LogP contribution in [0.4, 0.5) is 0 Å². The van der Waals surface area contributed by atoms with E-state index in [1.54, 1.807) is 29.7 Å². The van der Waals surface area contributed by atoms with Crippen molar-refractivity contribution in [3.63, 3.8) is 0 Å². The monoisotopic (exact) mass is 581 g/mol. The van der Waals surface area contributed by atoms with Gasteiger partial charge in [-0.1, -0.05) is 43.7 Å². The van der Waals surface area contributed by atoms with Gasteiger partial charge in [0.1, 0.15) is 5.75 Å². The Morgan fingerprint density at radius 2 is 1.72 bits per heavy atom. The van der Waals surface area contributed by atoms with Gasteiger partial charge in [0, 0.05) is 24.2 Å². The number of carboxylic acid groups (broad SMARTS) is 1. The molecule has 4 aromatic rings. The Bertz CT molecular complexity index is 1660. The molecular weight excluding hydrogens is 546 g/mol. The summed E-state index contributed by atoms with van der Waals surface area (Å²) in [6, 6.07) is 19.8. The highest BCUT2D eigenvalue weighted by molar-refractivity contribution is 6.06. The lowest BCUT2D eigenvalue weighted by Crippen LogP contribution is -2.36. The number of esters is 1. The van der Waals surface area contributed by atoms with E-state index in [-0.39, 0.29) is 29.3 Å². The second-order valence-electron chi connectivity index (χ2n) is 10.4. The van der Waals surface area contributed by atoms with Gasteiger partial charge >= 0.3 is 11.9 Å². The van der Waals surface area contributed by atoms with E-state index in [0.29, 0.717) is 48.5 Å². The molecule has 1 amide bonds. The van der Waals surface area contributed by atoms with Crippen molar-refractivity contribution >= 4 is 17.8 Å². The number of carbonyl (C=O) groups is 3. The van der Waals surface area contributed by atoms with Crippen LogP contribution >= 0.6 is 0 Å². The summed E-state index contributed by atoms with van der Waals surface area (Å²) in [4.78, 5) is 41.4. The van der Waals surface area contributed by atoms with Crippen LogP contribution in [0.2, 0.25) is 0 Å². The Labute approximate surface area is 250 Å². The lowest BCUT2D eigenvalue weighted by molar-refractivity contribution is 0.0518. The van der Waals surface area contributed by atoms with Gasteiger partial charge in [-0.25, -0.2) is 14.3 Å². The van der Waals surface area contributed by atoms with Crippen LogP contribution in [0.15, 0.2) is 66.7 Å². The lowest BCUT2D eigenvalue weighted by atomic mass is 9.92. The van der Waals surface area contributed by atoms with Crippen molar-refractivity contribution < 1.29 is 29.0 Å². The van der Waals surface area contributed by atoms with Gasteiger partial charge in [-0.05, 0) is 79.3 Å². The summed E-state index contributed by atoms with van der Waals surface area (Å²) in [6.45, 7) is 4.84. The van der Waals surface area contributed by atoms with Crippen LogP contribution < -0.4 is 4.74 Å². The van der Waals surface area contributed by atoms with Crippen molar-refractivity contribution in [1.82, 2.24) is 14.7 Å². The highest BCUT2D eigenvalue weighted by Gasteiger charge is 2.31. The van der Waals surface area contributed by atoms with Crippen LogP contribution in [0.25, 0.3) is 16.8 Å². The molecule has 0 saturated heterocycles. The highest BCUT2D eigenvalue weighted by atomic mass is 16.5. The number of ether oxygens (including phenoxy) is 2. The average Bonchev–Trinajstić information content (AvgIpc) is 3.42. The number of hydrogen-bond acceptors (Lipinski definition) is 6. The Balaban J connectivity index is 1.71. The molecule has 3 aromatic carbocycles. The van der Waals surface area contributed by atoms with Gasteiger partial charge in [-0.2, -0.15) is 5.10 Å². The standard InChI is InChI=1S/C34H35N3O6/c1-4-6-11-29-30(31(34(41)43-5-2)35-37(29)25-13-15-26(42-3)16-14-25)27-17-12-23(33(39)40)20-28(27)32(38)36-19-18-22-9-7-8-10-24(22)21-36/h7-10,12-17,20H,4-6,11,18-19,21H2,1-3H3,(H,39,40). The molecule has 1 N–H and O–H groups in total. The van der Waals surface area contributed by atoms with E-state index in [1.165, 1.54) is 17.7 Å². The molecule has 1 aliphatic heterocycles. The van der Waals surface area contributed by atoms with E-state index in [9.17, 15) is 19.5 Å². The van der Waals surface area contributed by atoms with Crippen molar-refractivity contribution in [2.45, 2.75) is 46.1 Å². The van der Waals surface area contributed by atoms with Gasteiger partial charge in [-0.3, -0.25) is 4.79 Å². The van der Waals surface area contributed by atoms with Crippen molar-refractivity contribution in [3.05, 3.63) is 100 Å². The lowest BCUT2D eigenvalue weighted by Gasteiger charge is -2.29. The number of amides is 1. The summed E-state index contributed by atoms with van der Waals surface area (Å²) >= 11 is 0. The van der Waals surface area contributed by atoms with E-state index in [0.717, 1.165) is 24.1 Å². The Morgan fingerprint density at radius 1 is 0.977 bits per heavy atom. The van der Waals surface area contributed by atoms with Crippen LogP contribution in [0, 0.1) is 0 Å². The minimum absolute atomic E-state index is 0.0140. The predicted molar refractivity (Wildman–Crippen MR) is 162 cm³/mol. The third kappa shape index (κ3) is 6.02. The maximum Gasteiger partial charge on any atom is 0.359 e. The van der Waals surface area contributed by atoms with Crippen LogP contribution in [0.1, 0.15) is 74.7 Å². The number of unbranched alkanes of at least 4 members (excludes halogenated alkanes) is 1. The second kappa shape index (κ2) is 12.9. The normalized spacial score (nSPS) is 12.5. The van der Waals surface area contributed by atoms with E-state index in [2.05, 4.69) is 13.0 Å². The van der Waals surface area contributed by atoms with Crippen LogP contribution in [0.5, 0.6) is 5.75 Å². The third-order valence-electron chi connectivity index (χ3n) is 7.72. The number of hydrogen-bond donors (Lipinski definition) is 1. The number of carboxylic acids is 1. The molecule has 9 heteroatoms. The summed E-state index contributed by atoms with van der Waals surface area (Å²) in [5.74, 6) is -1.39. The van der Waals surface area contributed by atoms with E-state index < -0.39 is 11.9 Å². The minimum atomic E-state index is -1.14. The van der Waals surface area contributed by atoms with E-state index in [4.69, 9.17) is 14.6 Å². The molecule has 0 unspecified atom stereocenters. The first-order chi connectivity index (χ1) is 20.9. The largest absolute Gasteiger partial charge is 0.497 e. The smallest absolute Gasteiger partial charge is 0.359 e. The number of nitrogens with zero attached hydrogens (tertiary/aromatic N) is 3. The maximum atomic E-state index is 14.2. The number of carbonyl (C=O) groups excluding carboxylic acids is 2. The summed E-state index contributed by atoms with van der Waals surface area (Å²) in [7, 11) is 1.59. The van der Waals surface area contributed by atoms with Gasteiger partial charge in [0.15, 0.2) is 5.69 Å². The first kappa shape index (κ1) is 29.6. The van der Waals surface area contributed by atoms with Crippen molar-refractivity contribution in [2.24, 2.45) is 0 Å². The molecule has 1 aliphatic rings. The Kier molecular flexibility index (Phi) is 8.90. The van der Waals surface area contributed by atoms with Crippen LogP contribution in [0.3, 0.4) is 0 Å². The molecular formula is C34H35N3O6. The first-order valence-electron chi connectivity index (χ1n) is 14.5. The summed E-state index contributed by atoms with van der Waals surface area (Å²) in [5, 5.41) is 14.6.